The second kappa shape index (κ2) is 4.45. The summed E-state index contributed by atoms with van der Waals surface area (Å²) in [6, 6.07) is 12.4. The molecule has 0 bridgehead atoms. The summed E-state index contributed by atoms with van der Waals surface area (Å²) in [7, 11) is 0. The highest BCUT2D eigenvalue weighted by atomic mass is 16.2. The lowest BCUT2D eigenvalue weighted by atomic mass is 10.0. The van der Waals surface area contributed by atoms with Gasteiger partial charge < -0.3 is 9.88 Å². The predicted molar refractivity (Wildman–Crippen MR) is 82.2 cm³/mol. The van der Waals surface area contributed by atoms with Gasteiger partial charge in [0.25, 0.3) is 5.91 Å². The van der Waals surface area contributed by atoms with Gasteiger partial charge in [0.05, 0.1) is 5.52 Å². The van der Waals surface area contributed by atoms with Gasteiger partial charge in [0.15, 0.2) is 0 Å². The Morgan fingerprint density at radius 2 is 2.05 bits per heavy atom. The first kappa shape index (κ1) is 12.1. The topological polar surface area (TPSA) is 46.9 Å². The van der Waals surface area contributed by atoms with Gasteiger partial charge in [-0.1, -0.05) is 18.2 Å². The second-order valence-corrected chi connectivity index (χ2v) is 5.44. The SMILES string of the molecule is CC1CNC(=O)c2cc3cccc(-c4ccncc4)c3n21. The third-order valence-electron chi connectivity index (χ3n) is 4.08. The van der Waals surface area contributed by atoms with E-state index in [1.165, 1.54) is 0 Å². The molecule has 0 aliphatic carbocycles. The number of amides is 1. The molecule has 1 N–H and O–H groups in total. The van der Waals surface area contributed by atoms with E-state index >= 15 is 0 Å². The van der Waals surface area contributed by atoms with Gasteiger partial charge in [-0.05, 0) is 30.7 Å². The lowest BCUT2D eigenvalue weighted by Gasteiger charge is -2.25. The van der Waals surface area contributed by atoms with E-state index in [0.29, 0.717) is 6.54 Å². The minimum Gasteiger partial charge on any atom is -0.349 e. The van der Waals surface area contributed by atoms with E-state index in [-0.39, 0.29) is 11.9 Å². The number of carbonyl (C=O) groups excluding carboxylic acids is 1. The number of fused-ring (bicyclic) bond motifs is 3. The van der Waals surface area contributed by atoms with Gasteiger partial charge in [0.2, 0.25) is 0 Å². The van der Waals surface area contributed by atoms with Crippen molar-refractivity contribution in [1.82, 2.24) is 14.9 Å². The monoisotopic (exact) mass is 277 g/mol. The van der Waals surface area contributed by atoms with E-state index in [9.17, 15) is 4.79 Å². The van der Waals surface area contributed by atoms with Crippen molar-refractivity contribution in [3.8, 4) is 11.1 Å². The van der Waals surface area contributed by atoms with E-state index in [1.54, 1.807) is 12.4 Å². The van der Waals surface area contributed by atoms with E-state index in [0.717, 1.165) is 27.7 Å². The van der Waals surface area contributed by atoms with Gasteiger partial charge in [0.1, 0.15) is 5.69 Å². The molecular weight excluding hydrogens is 262 g/mol. The first-order chi connectivity index (χ1) is 10.3. The molecule has 4 rings (SSSR count). The Hall–Kier alpha value is -2.62. The summed E-state index contributed by atoms with van der Waals surface area (Å²) in [6.45, 7) is 2.80. The fourth-order valence-electron chi connectivity index (χ4n) is 3.10. The van der Waals surface area contributed by atoms with Crippen LogP contribution >= 0.6 is 0 Å². The number of hydrogen-bond acceptors (Lipinski definition) is 2. The maximum Gasteiger partial charge on any atom is 0.268 e. The molecule has 0 radical (unpaired) electrons. The lowest BCUT2D eigenvalue weighted by molar-refractivity contribution is 0.0919. The Bertz CT molecular complexity index is 836. The largest absolute Gasteiger partial charge is 0.349 e. The molecule has 4 heteroatoms. The van der Waals surface area contributed by atoms with Crippen LogP contribution < -0.4 is 5.32 Å². The normalized spacial score (nSPS) is 17.6. The molecule has 1 aliphatic heterocycles. The van der Waals surface area contributed by atoms with Crippen LogP contribution in [0.15, 0.2) is 48.8 Å². The van der Waals surface area contributed by atoms with Crippen molar-refractivity contribution in [2.24, 2.45) is 0 Å². The molecule has 1 aliphatic rings. The summed E-state index contributed by atoms with van der Waals surface area (Å²) < 4.78 is 2.16. The van der Waals surface area contributed by atoms with E-state index < -0.39 is 0 Å². The smallest absolute Gasteiger partial charge is 0.268 e. The first-order valence-electron chi connectivity index (χ1n) is 7.08. The molecule has 1 atom stereocenters. The molecule has 0 saturated heterocycles. The average molecular weight is 277 g/mol. The molecule has 1 amide bonds. The zero-order chi connectivity index (χ0) is 14.4. The number of nitrogens with zero attached hydrogens (tertiary/aromatic N) is 2. The van der Waals surface area contributed by atoms with Gasteiger partial charge >= 0.3 is 0 Å². The van der Waals surface area contributed by atoms with Crippen LogP contribution in [0, 0.1) is 0 Å². The van der Waals surface area contributed by atoms with E-state index in [4.69, 9.17) is 0 Å². The molecule has 0 spiro atoms. The van der Waals surface area contributed by atoms with Crippen molar-refractivity contribution in [2.45, 2.75) is 13.0 Å². The Morgan fingerprint density at radius 1 is 1.24 bits per heavy atom. The number of aromatic nitrogens is 2. The van der Waals surface area contributed by atoms with Gasteiger partial charge in [0, 0.05) is 35.9 Å². The van der Waals surface area contributed by atoms with Gasteiger partial charge in [-0.3, -0.25) is 9.78 Å². The van der Waals surface area contributed by atoms with Gasteiger partial charge in [-0.15, -0.1) is 0 Å². The maximum absolute atomic E-state index is 12.1. The van der Waals surface area contributed by atoms with E-state index in [2.05, 4.69) is 33.9 Å². The van der Waals surface area contributed by atoms with E-state index in [1.807, 2.05) is 24.3 Å². The summed E-state index contributed by atoms with van der Waals surface area (Å²) >= 11 is 0. The van der Waals surface area contributed by atoms with Crippen LogP contribution in [0.25, 0.3) is 22.0 Å². The minimum atomic E-state index is 0.00461. The van der Waals surface area contributed by atoms with Crippen LogP contribution in [-0.4, -0.2) is 22.0 Å². The Labute approximate surface area is 122 Å². The third kappa shape index (κ3) is 1.76. The zero-order valence-corrected chi connectivity index (χ0v) is 11.7. The van der Waals surface area contributed by atoms with Crippen molar-refractivity contribution in [2.75, 3.05) is 6.54 Å². The number of nitrogens with one attached hydrogen (secondary N) is 1. The average Bonchev–Trinajstić information content (AvgIpc) is 2.92. The summed E-state index contributed by atoms with van der Waals surface area (Å²) in [5.41, 5.74) is 4.13. The summed E-state index contributed by atoms with van der Waals surface area (Å²) in [5.74, 6) is 0.00461. The lowest BCUT2D eigenvalue weighted by Crippen LogP contribution is -2.37. The highest BCUT2D eigenvalue weighted by molar-refractivity contribution is 6.03. The number of para-hydroxylation sites is 1. The Morgan fingerprint density at radius 3 is 2.86 bits per heavy atom. The van der Waals surface area contributed by atoms with Gasteiger partial charge in [-0.25, -0.2) is 0 Å². The highest BCUT2D eigenvalue weighted by Gasteiger charge is 2.25. The van der Waals surface area contributed by atoms with Crippen molar-refractivity contribution in [3.63, 3.8) is 0 Å². The predicted octanol–water partition coefficient (Wildman–Crippen LogP) is 3.01. The number of hydrogen-bond donors (Lipinski definition) is 1. The fraction of sp³-hybridized carbons (Fsp3) is 0.176. The molecule has 4 nitrogen and oxygen atoms in total. The van der Waals surface area contributed by atoms with Gasteiger partial charge in [-0.2, -0.15) is 0 Å². The molecule has 21 heavy (non-hydrogen) atoms. The summed E-state index contributed by atoms with van der Waals surface area (Å²) in [4.78, 5) is 16.2. The van der Waals surface area contributed by atoms with Crippen LogP contribution in [0.4, 0.5) is 0 Å². The van der Waals surface area contributed by atoms with Crippen LogP contribution in [0.3, 0.4) is 0 Å². The molecule has 1 aromatic carbocycles. The molecule has 0 fully saturated rings. The molecule has 104 valence electrons. The number of carbonyl (C=O) groups is 1. The summed E-state index contributed by atoms with van der Waals surface area (Å²) in [5, 5.41) is 4.04. The zero-order valence-electron chi connectivity index (χ0n) is 11.7. The van der Waals surface area contributed by atoms with Crippen LogP contribution in [0.5, 0.6) is 0 Å². The van der Waals surface area contributed by atoms with Crippen LogP contribution in [-0.2, 0) is 0 Å². The maximum atomic E-state index is 12.1. The number of benzene rings is 1. The number of pyridine rings is 1. The van der Waals surface area contributed by atoms with Crippen molar-refractivity contribution >= 4 is 16.8 Å². The standard InChI is InChI=1S/C17H15N3O/c1-11-10-19-17(21)15-9-13-3-2-4-14(16(13)20(11)15)12-5-7-18-8-6-12/h2-9,11H,10H2,1H3,(H,19,21). The molecular formula is C17H15N3O. The molecule has 2 aromatic heterocycles. The molecule has 1 unspecified atom stereocenters. The fourth-order valence-corrected chi connectivity index (χ4v) is 3.10. The molecule has 3 heterocycles. The van der Waals surface area contributed by atoms with Crippen LogP contribution in [0.1, 0.15) is 23.5 Å². The van der Waals surface area contributed by atoms with Crippen molar-refractivity contribution in [3.05, 3.63) is 54.5 Å². The first-order valence-corrected chi connectivity index (χ1v) is 7.08. The second-order valence-electron chi connectivity index (χ2n) is 5.44. The summed E-state index contributed by atoms with van der Waals surface area (Å²) in [6.07, 6.45) is 3.59. The highest BCUT2D eigenvalue weighted by Crippen LogP contribution is 2.34. The quantitative estimate of drug-likeness (QED) is 0.743. The van der Waals surface area contributed by atoms with Crippen LogP contribution in [0.2, 0.25) is 0 Å². The van der Waals surface area contributed by atoms with Crippen molar-refractivity contribution < 1.29 is 4.79 Å². The number of rotatable bonds is 1. The Balaban J connectivity index is 2.08. The molecule has 3 aromatic rings. The molecule has 0 saturated carbocycles. The third-order valence-corrected chi connectivity index (χ3v) is 4.08. The van der Waals surface area contributed by atoms with Crippen molar-refractivity contribution in [1.29, 1.82) is 0 Å². The minimum absolute atomic E-state index is 0.00461. The Kier molecular flexibility index (Phi) is 2.57.